The van der Waals surface area contributed by atoms with Crippen LogP contribution in [0.3, 0.4) is 0 Å². The lowest BCUT2D eigenvalue weighted by Crippen LogP contribution is -1.62. The number of rotatable bonds is 0. The van der Waals surface area contributed by atoms with Crippen LogP contribution in [0.25, 0.3) is 0 Å². The highest BCUT2D eigenvalue weighted by atomic mass is 35.5. The molecule has 0 bridgehead atoms. The number of halogens is 2. The van der Waals surface area contributed by atoms with Crippen LogP contribution in [0.1, 0.15) is 5.01 Å². The van der Waals surface area contributed by atoms with Crippen molar-refractivity contribution >= 4 is 34.5 Å². The number of aromatic nitrogens is 1. The summed E-state index contributed by atoms with van der Waals surface area (Å²) >= 11 is 12.4. The van der Waals surface area contributed by atoms with E-state index in [1.165, 1.54) is 11.3 Å². The van der Waals surface area contributed by atoms with Crippen molar-refractivity contribution in [3.05, 3.63) is 14.5 Å². The number of hydrogen-bond donors (Lipinski definition) is 0. The van der Waals surface area contributed by atoms with Gasteiger partial charge in [0.25, 0.3) is 0 Å². The van der Waals surface area contributed by atoms with Crippen LogP contribution >= 0.6 is 34.5 Å². The lowest BCUT2D eigenvalue weighted by molar-refractivity contribution is 1.30. The molecule has 1 nitrogen and oxygen atoms in total. The van der Waals surface area contributed by atoms with Crippen LogP contribution in [-0.2, 0) is 0 Å². The van der Waals surface area contributed by atoms with Gasteiger partial charge < -0.3 is 0 Å². The van der Waals surface area contributed by atoms with E-state index in [2.05, 4.69) is 4.98 Å². The second kappa shape index (κ2) is 2.21. The molecule has 4 heteroatoms. The molecule has 0 aliphatic rings. The summed E-state index contributed by atoms with van der Waals surface area (Å²) < 4.78 is 0.573. The van der Waals surface area contributed by atoms with E-state index in [1.807, 2.05) is 6.92 Å². The van der Waals surface area contributed by atoms with Gasteiger partial charge in [-0.05, 0) is 6.92 Å². The van der Waals surface area contributed by atoms with Crippen molar-refractivity contribution in [2.24, 2.45) is 0 Å². The molecule has 0 saturated heterocycles. The minimum atomic E-state index is 0.411. The average Bonchev–Trinajstić information content (AvgIpc) is 1.85. The second-order valence-electron chi connectivity index (χ2n) is 1.30. The SMILES string of the molecule is Cc1nc(Cl)c(Cl)s1. The van der Waals surface area contributed by atoms with Crippen LogP contribution in [0.2, 0.25) is 9.49 Å². The smallest absolute Gasteiger partial charge is 0.159 e. The molecule has 0 fully saturated rings. The zero-order valence-corrected chi connectivity index (χ0v) is 6.44. The Morgan fingerprint density at radius 3 is 2.25 bits per heavy atom. The normalized spacial score (nSPS) is 9.88. The first kappa shape index (κ1) is 6.33. The molecular weight excluding hydrogens is 165 g/mol. The molecule has 0 radical (unpaired) electrons. The molecule has 0 atom stereocenters. The molecule has 0 aromatic carbocycles. The Labute approximate surface area is 61.3 Å². The van der Waals surface area contributed by atoms with Gasteiger partial charge in [0, 0.05) is 0 Å². The summed E-state index contributed by atoms with van der Waals surface area (Å²) in [5.41, 5.74) is 0. The number of aryl methyl sites for hydroxylation is 1. The third-order valence-electron chi connectivity index (χ3n) is 0.655. The first-order chi connectivity index (χ1) is 3.70. The molecule has 1 aromatic rings. The zero-order valence-electron chi connectivity index (χ0n) is 4.11. The predicted molar refractivity (Wildman–Crippen MR) is 36.9 cm³/mol. The van der Waals surface area contributed by atoms with Gasteiger partial charge in [0.1, 0.15) is 4.34 Å². The van der Waals surface area contributed by atoms with Gasteiger partial charge in [0.05, 0.1) is 5.01 Å². The van der Waals surface area contributed by atoms with E-state index < -0.39 is 0 Å². The number of nitrogens with zero attached hydrogens (tertiary/aromatic N) is 1. The zero-order chi connectivity index (χ0) is 6.15. The monoisotopic (exact) mass is 167 g/mol. The van der Waals surface area contributed by atoms with Crippen molar-refractivity contribution in [1.29, 1.82) is 0 Å². The third-order valence-corrected chi connectivity index (χ3v) is 2.31. The van der Waals surface area contributed by atoms with Gasteiger partial charge in [-0.25, -0.2) is 4.98 Å². The van der Waals surface area contributed by atoms with Crippen molar-refractivity contribution in [3.8, 4) is 0 Å². The molecule has 1 rings (SSSR count). The van der Waals surface area contributed by atoms with Gasteiger partial charge in [-0.1, -0.05) is 23.2 Å². The first-order valence-electron chi connectivity index (χ1n) is 1.98. The van der Waals surface area contributed by atoms with E-state index in [9.17, 15) is 0 Å². The van der Waals surface area contributed by atoms with E-state index in [-0.39, 0.29) is 0 Å². The molecule has 8 heavy (non-hydrogen) atoms. The Morgan fingerprint density at radius 2 is 2.12 bits per heavy atom. The summed E-state index contributed by atoms with van der Waals surface area (Å²) in [4.78, 5) is 3.86. The van der Waals surface area contributed by atoms with Crippen LogP contribution < -0.4 is 0 Å². The van der Waals surface area contributed by atoms with Crippen LogP contribution in [0, 0.1) is 6.92 Å². The maximum Gasteiger partial charge on any atom is 0.159 e. The fraction of sp³-hybridized carbons (Fsp3) is 0.250. The highest BCUT2D eigenvalue weighted by Crippen LogP contribution is 2.26. The molecule has 44 valence electrons. The Kier molecular flexibility index (Phi) is 1.75. The second-order valence-corrected chi connectivity index (χ2v) is 3.46. The molecule has 0 aliphatic heterocycles. The van der Waals surface area contributed by atoms with Crippen molar-refractivity contribution in [3.63, 3.8) is 0 Å². The molecule has 1 heterocycles. The summed E-state index contributed by atoms with van der Waals surface area (Å²) in [6.07, 6.45) is 0. The minimum absolute atomic E-state index is 0.411. The fourth-order valence-electron chi connectivity index (χ4n) is 0.377. The van der Waals surface area contributed by atoms with Gasteiger partial charge in [-0.2, -0.15) is 0 Å². The van der Waals surface area contributed by atoms with Gasteiger partial charge in [-0.3, -0.25) is 0 Å². The Balaban J connectivity index is 3.14. The molecule has 0 amide bonds. The van der Waals surface area contributed by atoms with Crippen LogP contribution in [0.15, 0.2) is 0 Å². The van der Waals surface area contributed by atoms with Gasteiger partial charge in [-0.15, -0.1) is 11.3 Å². The average molecular weight is 168 g/mol. The number of thiazole rings is 1. The summed E-state index contributed by atoms with van der Waals surface area (Å²) in [5.74, 6) is 0. The lowest BCUT2D eigenvalue weighted by atomic mass is 10.8. The molecule has 0 spiro atoms. The first-order valence-corrected chi connectivity index (χ1v) is 3.56. The predicted octanol–water partition coefficient (Wildman–Crippen LogP) is 2.76. The fourth-order valence-corrected chi connectivity index (χ4v) is 1.57. The molecule has 0 aliphatic carbocycles. The van der Waals surface area contributed by atoms with Gasteiger partial charge in [0.2, 0.25) is 0 Å². The molecular formula is C4H3Cl2NS. The molecule has 0 saturated carbocycles. The lowest BCUT2D eigenvalue weighted by Gasteiger charge is -1.71. The van der Waals surface area contributed by atoms with Crippen molar-refractivity contribution < 1.29 is 0 Å². The Morgan fingerprint density at radius 1 is 1.50 bits per heavy atom. The standard InChI is InChI=1S/C4H3Cl2NS/c1-2-7-3(5)4(6)8-2/h1H3. The molecule has 0 unspecified atom stereocenters. The quantitative estimate of drug-likeness (QED) is 0.580. The summed E-state index contributed by atoms with van der Waals surface area (Å²) in [7, 11) is 0. The van der Waals surface area contributed by atoms with Crippen LogP contribution in [0.4, 0.5) is 0 Å². The van der Waals surface area contributed by atoms with E-state index in [0.717, 1.165) is 5.01 Å². The summed E-state index contributed by atoms with van der Waals surface area (Å²) in [6.45, 7) is 1.86. The van der Waals surface area contributed by atoms with Crippen LogP contribution in [0.5, 0.6) is 0 Å². The maximum absolute atomic E-state index is 5.55. The van der Waals surface area contributed by atoms with Crippen molar-refractivity contribution in [1.82, 2.24) is 4.98 Å². The van der Waals surface area contributed by atoms with Gasteiger partial charge >= 0.3 is 0 Å². The minimum Gasteiger partial charge on any atom is -0.228 e. The maximum atomic E-state index is 5.55. The van der Waals surface area contributed by atoms with Crippen LogP contribution in [-0.4, -0.2) is 4.98 Å². The van der Waals surface area contributed by atoms with E-state index >= 15 is 0 Å². The van der Waals surface area contributed by atoms with E-state index in [1.54, 1.807) is 0 Å². The van der Waals surface area contributed by atoms with Crippen molar-refractivity contribution in [2.45, 2.75) is 6.92 Å². The third kappa shape index (κ3) is 1.13. The topological polar surface area (TPSA) is 12.9 Å². The van der Waals surface area contributed by atoms with E-state index in [0.29, 0.717) is 9.49 Å². The highest BCUT2D eigenvalue weighted by molar-refractivity contribution is 7.16. The largest absolute Gasteiger partial charge is 0.228 e. The molecule has 0 N–H and O–H groups in total. The number of hydrogen-bond acceptors (Lipinski definition) is 2. The van der Waals surface area contributed by atoms with Crippen molar-refractivity contribution in [2.75, 3.05) is 0 Å². The van der Waals surface area contributed by atoms with E-state index in [4.69, 9.17) is 23.2 Å². The highest BCUT2D eigenvalue weighted by Gasteiger charge is 2.00. The van der Waals surface area contributed by atoms with Gasteiger partial charge in [0.15, 0.2) is 5.15 Å². The summed E-state index contributed by atoms with van der Waals surface area (Å²) in [5, 5.41) is 1.31. The summed E-state index contributed by atoms with van der Waals surface area (Å²) in [6, 6.07) is 0. The Hall–Kier alpha value is 0.210. The molecule has 1 aromatic heterocycles. The Bertz CT molecular complexity index is 176.